The molecule has 168 valence electrons. The monoisotopic (exact) mass is 442 g/mol. The first-order valence-electron chi connectivity index (χ1n) is 10.7. The quantitative estimate of drug-likeness (QED) is 0.446. The van der Waals surface area contributed by atoms with Crippen molar-refractivity contribution in [3.05, 3.63) is 64.0 Å². The Morgan fingerprint density at radius 1 is 0.774 bits per heavy atom. The highest BCUT2D eigenvalue weighted by Gasteiger charge is 2.34. The Morgan fingerprint density at radius 2 is 1.42 bits per heavy atom. The maximum absolute atomic E-state index is 15.0. The van der Waals surface area contributed by atoms with Crippen molar-refractivity contribution in [2.75, 3.05) is 0 Å². The predicted octanol–water partition coefficient (Wildman–Crippen LogP) is 7.57. The van der Waals surface area contributed by atoms with Gasteiger partial charge >= 0.3 is 6.36 Å². The maximum Gasteiger partial charge on any atom is 0.573 e. The summed E-state index contributed by atoms with van der Waals surface area (Å²) < 4.78 is 85.1. The standard InChI is InChI=1S/C24H24F6O/c1-13-2-4-14(5-3-13)18-10-20(26)23(21(27)11-18)16-7-6-15-12-22(31-24(28,29)30)19(25)9-17(15)8-16/h9-14,16H,2-8H2,1H3. The Bertz CT molecular complexity index is 936. The molecule has 2 aliphatic carbocycles. The van der Waals surface area contributed by atoms with E-state index in [1.165, 1.54) is 12.1 Å². The second kappa shape index (κ2) is 8.40. The lowest BCUT2D eigenvalue weighted by Crippen LogP contribution is -2.20. The zero-order valence-corrected chi connectivity index (χ0v) is 17.2. The van der Waals surface area contributed by atoms with E-state index in [0.717, 1.165) is 37.8 Å². The third-order valence-corrected chi connectivity index (χ3v) is 6.71. The lowest BCUT2D eigenvalue weighted by molar-refractivity contribution is -0.275. The molecular formula is C24H24F6O. The van der Waals surface area contributed by atoms with Gasteiger partial charge in [-0.1, -0.05) is 19.8 Å². The van der Waals surface area contributed by atoms with Crippen LogP contribution in [0.5, 0.6) is 5.75 Å². The molecule has 1 atom stereocenters. The number of halogens is 6. The fraction of sp³-hybridized carbons (Fsp3) is 0.500. The van der Waals surface area contributed by atoms with Crippen LogP contribution >= 0.6 is 0 Å². The molecule has 2 aromatic carbocycles. The van der Waals surface area contributed by atoms with Crippen LogP contribution in [0.1, 0.15) is 73.1 Å². The van der Waals surface area contributed by atoms with Gasteiger partial charge in [-0.2, -0.15) is 0 Å². The Hall–Kier alpha value is -2.18. The van der Waals surface area contributed by atoms with Crippen LogP contribution in [0.2, 0.25) is 0 Å². The molecule has 0 N–H and O–H groups in total. The molecule has 1 saturated carbocycles. The molecule has 4 rings (SSSR count). The van der Waals surface area contributed by atoms with E-state index < -0.39 is 35.5 Å². The number of fused-ring (bicyclic) bond motifs is 1. The highest BCUT2D eigenvalue weighted by molar-refractivity contribution is 5.41. The lowest BCUT2D eigenvalue weighted by Gasteiger charge is -2.29. The first kappa shape index (κ1) is 22.0. The molecule has 0 spiro atoms. The Balaban J connectivity index is 1.56. The van der Waals surface area contributed by atoms with Gasteiger partial charge in [0, 0.05) is 5.56 Å². The largest absolute Gasteiger partial charge is 0.573 e. The number of alkyl halides is 3. The normalized spacial score (nSPS) is 24.0. The lowest BCUT2D eigenvalue weighted by atomic mass is 9.77. The van der Waals surface area contributed by atoms with Gasteiger partial charge in [0.15, 0.2) is 11.6 Å². The van der Waals surface area contributed by atoms with Crippen LogP contribution in [0.25, 0.3) is 0 Å². The van der Waals surface area contributed by atoms with Crippen LogP contribution in [0.15, 0.2) is 24.3 Å². The van der Waals surface area contributed by atoms with Crippen LogP contribution in [0.4, 0.5) is 26.3 Å². The highest BCUT2D eigenvalue weighted by Crippen LogP contribution is 2.41. The third-order valence-electron chi connectivity index (χ3n) is 6.71. The van der Waals surface area contributed by atoms with Gasteiger partial charge in [0.25, 0.3) is 0 Å². The molecule has 2 aromatic rings. The highest BCUT2D eigenvalue weighted by atomic mass is 19.4. The van der Waals surface area contributed by atoms with E-state index >= 15 is 0 Å². The fourth-order valence-corrected chi connectivity index (χ4v) is 5.03. The van der Waals surface area contributed by atoms with Gasteiger partial charge in [-0.05, 0) is 90.8 Å². The summed E-state index contributed by atoms with van der Waals surface area (Å²) in [5.41, 5.74) is 1.62. The molecule has 1 nitrogen and oxygen atoms in total. The third kappa shape index (κ3) is 4.85. The fourth-order valence-electron chi connectivity index (χ4n) is 5.03. The minimum atomic E-state index is -4.99. The van der Waals surface area contributed by atoms with Crippen LogP contribution in [0, 0.1) is 23.4 Å². The smallest absolute Gasteiger partial charge is 0.403 e. The topological polar surface area (TPSA) is 9.23 Å². The van der Waals surface area contributed by atoms with Gasteiger partial charge < -0.3 is 4.74 Å². The first-order valence-corrected chi connectivity index (χ1v) is 10.7. The number of rotatable bonds is 3. The molecule has 0 aliphatic heterocycles. The SMILES string of the molecule is CC1CCC(c2cc(F)c(C3CCc4cc(OC(F)(F)F)c(F)cc4C3)c(F)c2)CC1. The second-order valence-electron chi connectivity index (χ2n) is 8.89. The van der Waals surface area contributed by atoms with E-state index in [0.29, 0.717) is 29.0 Å². The number of hydrogen-bond donors (Lipinski definition) is 0. The van der Waals surface area contributed by atoms with Gasteiger partial charge in [0.1, 0.15) is 11.6 Å². The van der Waals surface area contributed by atoms with Crippen molar-refractivity contribution >= 4 is 0 Å². The van der Waals surface area contributed by atoms with Crippen molar-refractivity contribution in [1.29, 1.82) is 0 Å². The average molecular weight is 442 g/mol. The van der Waals surface area contributed by atoms with Gasteiger partial charge in [0.05, 0.1) is 0 Å². The summed E-state index contributed by atoms with van der Waals surface area (Å²) in [4.78, 5) is 0. The van der Waals surface area contributed by atoms with Gasteiger partial charge in [-0.3, -0.25) is 0 Å². The van der Waals surface area contributed by atoms with Crippen LogP contribution in [-0.4, -0.2) is 6.36 Å². The molecule has 2 aliphatic rings. The Kier molecular flexibility index (Phi) is 5.97. The molecule has 0 aromatic heterocycles. The molecule has 1 unspecified atom stereocenters. The molecule has 0 heterocycles. The average Bonchev–Trinajstić information content (AvgIpc) is 2.67. The summed E-state index contributed by atoms with van der Waals surface area (Å²) in [5, 5.41) is 0. The summed E-state index contributed by atoms with van der Waals surface area (Å²) in [6, 6.07) is 4.87. The van der Waals surface area contributed by atoms with Crippen LogP contribution in [-0.2, 0) is 12.8 Å². The summed E-state index contributed by atoms with van der Waals surface area (Å²) in [7, 11) is 0. The van der Waals surface area contributed by atoms with E-state index in [4.69, 9.17) is 0 Å². The van der Waals surface area contributed by atoms with Crippen molar-refractivity contribution < 1.29 is 31.1 Å². The van der Waals surface area contributed by atoms with Gasteiger partial charge in [0.2, 0.25) is 0 Å². The van der Waals surface area contributed by atoms with Crippen molar-refractivity contribution in [1.82, 2.24) is 0 Å². The summed E-state index contributed by atoms with van der Waals surface area (Å²) in [6.07, 6.45) is -0.270. The van der Waals surface area contributed by atoms with E-state index in [2.05, 4.69) is 11.7 Å². The summed E-state index contributed by atoms with van der Waals surface area (Å²) in [6.45, 7) is 2.18. The zero-order valence-electron chi connectivity index (χ0n) is 17.2. The number of hydrogen-bond acceptors (Lipinski definition) is 1. The molecule has 31 heavy (non-hydrogen) atoms. The summed E-state index contributed by atoms with van der Waals surface area (Å²) >= 11 is 0. The minimum absolute atomic E-state index is 0.0189. The van der Waals surface area contributed by atoms with E-state index in [9.17, 15) is 26.3 Å². The van der Waals surface area contributed by atoms with Gasteiger partial charge in [-0.15, -0.1) is 13.2 Å². The minimum Gasteiger partial charge on any atom is -0.403 e. The molecule has 7 heteroatoms. The molecule has 0 amide bonds. The van der Waals surface area contributed by atoms with E-state index in [-0.39, 0.29) is 24.3 Å². The summed E-state index contributed by atoms with van der Waals surface area (Å²) in [5.74, 6) is -2.92. The first-order chi connectivity index (χ1) is 14.6. The Labute approximate surface area is 177 Å². The molecule has 0 radical (unpaired) electrons. The number of benzene rings is 2. The molecule has 0 bridgehead atoms. The predicted molar refractivity (Wildman–Crippen MR) is 105 cm³/mol. The Morgan fingerprint density at radius 3 is 2.03 bits per heavy atom. The van der Waals surface area contributed by atoms with Crippen molar-refractivity contribution in [2.45, 2.75) is 70.1 Å². The van der Waals surface area contributed by atoms with Gasteiger partial charge in [-0.25, -0.2) is 13.2 Å². The van der Waals surface area contributed by atoms with E-state index in [1.807, 2.05) is 0 Å². The molecular weight excluding hydrogens is 418 g/mol. The number of aryl methyl sites for hydroxylation is 1. The van der Waals surface area contributed by atoms with Crippen molar-refractivity contribution in [3.63, 3.8) is 0 Å². The maximum atomic E-state index is 15.0. The molecule has 1 fully saturated rings. The second-order valence-corrected chi connectivity index (χ2v) is 8.89. The zero-order chi connectivity index (χ0) is 22.3. The van der Waals surface area contributed by atoms with Crippen molar-refractivity contribution in [2.24, 2.45) is 5.92 Å². The van der Waals surface area contributed by atoms with Crippen molar-refractivity contribution in [3.8, 4) is 5.75 Å². The molecule has 0 saturated heterocycles. The van der Waals surface area contributed by atoms with Crippen LogP contribution in [0.3, 0.4) is 0 Å². The van der Waals surface area contributed by atoms with E-state index in [1.54, 1.807) is 0 Å². The number of ether oxygens (including phenoxy) is 1. The van der Waals surface area contributed by atoms with Crippen LogP contribution < -0.4 is 4.74 Å².